The molecule has 0 aromatic carbocycles. The Morgan fingerprint density at radius 1 is 0.429 bits per heavy atom. The Morgan fingerprint density at radius 2 is 0.429 bits per heavy atom. The van der Waals surface area contributed by atoms with Crippen molar-refractivity contribution >= 4 is 29.8 Å². The van der Waals surface area contributed by atoms with Gasteiger partial charge in [0.15, 0.2) is 0 Å². The topological polar surface area (TPSA) is 221 Å². The maximum atomic E-state index is 9.00. The molecule has 0 aliphatic rings. The molecule has 0 aliphatic heterocycles. The summed E-state index contributed by atoms with van der Waals surface area (Å²) >= 11 is 0. The van der Waals surface area contributed by atoms with Crippen LogP contribution < -0.4 is 6.15 Å². The van der Waals surface area contributed by atoms with Crippen molar-refractivity contribution in [2.75, 3.05) is 0 Å². The fraction of sp³-hybridized carbons (Fsp3) is 0.500. The monoisotopic (exact) mass is 317 g/mol. The quantitative estimate of drug-likeness (QED) is 0.363. The van der Waals surface area contributed by atoms with E-state index < -0.39 is 29.8 Å². The summed E-state index contributed by atoms with van der Waals surface area (Å²) in [6.45, 7) is 5.42. The van der Waals surface area contributed by atoms with Crippen molar-refractivity contribution in [3.63, 3.8) is 0 Å². The first-order chi connectivity index (χ1) is 8.66. The number of carboxylic acid groups (broad SMARTS) is 5. The van der Waals surface area contributed by atoms with Crippen LogP contribution in [-0.4, -0.2) is 55.4 Å². The second-order valence-corrected chi connectivity index (χ2v) is 2.60. The SMILES string of the molecule is CC(=O)O.CC(=O)O.CC(=O)O.CC(=O)O.CC(=O)O.N. The van der Waals surface area contributed by atoms with Gasteiger partial charge in [0, 0.05) is 34.6 Å². The van der Waals surface area contributed by atoms with Crippen molar-refractivity contribution < 1.29 is 49.5 Å². The zero-order chi connectivity index (χ0) is 17.9. The summed E-state index contributed by atoms with van der Waals surface area (Å²) in [5, 5.41) is 37.1. The van der Waals surface area contributed by atoms with E-state index in [1.165, 1.54) is 0 Å². The van der Waals surface area contributed by atoms with Crippen LogP contribution in [0.25, 0.3) is 0 Å². The molecule has 0 amide bonds. The summed E-state index contributed by atoms with van der Waals surface area (Å²) in [6, 6.07) is 0. The van der Waals surface area contributed by atoms with Crippen LogP contribution in [-0.2, 0) is 24.0 Å². The average molecular weight is 317 g/mol. The van der Waals surface area contributed by atoms with Gasteiger partial charge < -0.3 is 31.7 Å². The molecule has 0 atom stereocenters. The van der Waals surface area contributed by atoms with Gasteiger partial charge in [-0.1, -0.05) is 0 Å². The molecule has 0 radical (unpaired) electrons. The molecule has 0 saturated carbocycles. The highest BCUT2D eigenvalue weighted by Crippen LogP contribution is 1.43. The molecule has 21 heavy (non-hydrogen) atoms. The van der Waals surface area contributed by atoms with Crippen molar-refractivity contribution in [3.8, 4) is 0 Å². The second kappa shape index (κ2) is 30.4. The van der Waals surface area contributed by atoms with E-state index in [4.69, 9.17) is 49.5 Å². The standard InChI is InChI=1S/5C2H4O2.H3N/c5*1-2(3)4;/h5*1H3,(H,3,4);1H3. The molecule has 0 fully saturated rings. The lowest BCUT2D eigenvalue weighted by molar-refractivity contribution is -0.135. The number of aliphatic carboxylic acids is 5. The smallest absolute Gasteiger partial charge is 0.300 e. The van der Waals surface area contributed by atoms with Crippen LogP contribution in [0.2, 0.25) is 0 Å². The Morgan fingerprint density at radius 3 is 0.429 bits per heavy atom. The minimum atomic E-state index is -0.833. The van der Waals surface area contributed by atoms with Gasteiger partial charge in [0.05, 0.1) is 0 Å². The van der Waals surface area contributed by atoms with Crippen LogP contribution in [0.4, 0.5) is 0 Å². The summed E-state index contributed by atoms with van der Waals surface area (Å²) in [4.78, 5) is 45.0. The van der Waals surface area contributed by atoms with Gasteiger partial charge in [-0.15, -0.1) is 0 Å². The Labute approximate surface area is 121 Å². The molecule has 8 N–H and O–H groups in total. The van der Waals surface area contributed by atoms with Crippen LogP contribution in [0.5, 0.6) is 0 Å². The van der Waals surface area contributed by atoms with E-state index in [-0.39, 0.29) is 6.15 Å². The minimum absolute atomic E-state index is 0. The van der Waals surface area contributed by atoms with E-state index in [1.807, 2.05) is 0 Å². The van der Waals surface area contributed by atoms with E-state index in [0.29, 0.717) is 0 Å². The minimum Gasteiger partial charge on any atom is -0.481 e. The Balaban J connectivity index is -0.0000000331. The van der Waals surface area contributed by atoms with E-state index in [0.717, 1.165) is 34.6 Å². The van der Waals surface area contributed by atoms with Crippen LogP contribution >= 0.6 is 0 Å². The average Bonchev–Trinajstić information content (AvgIpc) is 1.94. The second-order valence-electron chi connectivity index (χ2n) is 2.60. The molecule has 0 aromatic heterocycles. The van der Waals surface area contributed by atoms with Crippen molar-refractivity contribution in [1.82, 2.24) is 6.15 Å². The first-order valence-electron chi connectivity index (χ1n) is 4.64. The van der Waals surface area contributed by atoms with Gasteiger partial charge in [-0.25, -0.2) is 0 Å². The molecule has 11 nitrogen and oxygen atoms in total. The highest BCUT2D eigenvalue weighted by atomic mass is 16.4. The van der Waals surface area contributed by atoms with Gasteiger partial charge in [0.2, 0.25) is 0 Å². The molecular formula is C10H23NO10. The Bertz CT molecular complexity index is 211. The van der Waals surface area contributed by atoms with E-state index >= 15 is 0 Å². The van der Waals surface area contributed by atoms with Crippen molar-refractivity contribution in [1.29, 1.82) is 0 Å². The first kappa shape index (κ1) is 36.2. The number of carboxylic acids is 5. The lowest BCUT2D eigenvalue weighted by Gasteiger charge is -1.59. The van der Waals surface area contributed by atoms with Gasteiger partial charge in [0.25, 0.3) is 29.8 Å². The summed E-state index contributed by atoms with van der Waals surface area (Å²) < 4.78 is 0. The largest absolute Gasteiger partial charge is 0.481 e. The van der Waals surface area contributed by atoms with Gasteiger partial charge in [0.1, 0.15) is 0 Å². The molecule has 0 aliphatic carbocycles. The van der Waals surface area contributed by atoms with Crippen molar-refractivity contribution in [2.45, 2.75) is 34.6 Å². The fourth-order valence-electron chi connectivity index (χ4n) is 0. The van der Waals surface area contributed by atoms with E-state index in [1.54, 1.807) is 0 Å². The van der Waals surface area contributed by atoms with Crippen LogP contribution in [0.1, 0.15) is 34.6 Å². The number of rotatable bonds is 0. The molecule has 11 heteroatoms. The molecule has 0 spiro atoms. The molecule has 128 valence electrons. The van der Waals surface area contributed by atoms with Crippen LogP contribution in [0.3, 0.4) is 0 Å². The molecular weight excluding hydrogens is 294 g/mol. The van der Waals surface area contributed by atoms with Gasteiger partial charge >= 0.3 is 0 Å². The predicted octanol–water partition coefficient (Wildman–Crippen LogP) is 0.617. The third-order valence-corrected chi connectivity index (χ3v) is 0. The Hall–Kier alpha value is -2.69. The molecule has 0 bridgehead atoms. The highest BCUT2D eigenvalue weighted by molar-refractivity contribution is 5.63. The summed E-state index contributed by atoms with van der Waals surface area (Å²) in [5.74, 6) is -4.17. The van der Waals surface area contributed by atoms with Gasteiger partial charge in [-0.3, -0.25) is 24.0 Å². The molecule has 0 saturated heterocycles. The normalized spacial score (nSPS) is 5.95. The molecule has 0 heterocycles. The predicted molar refractivity (Wildman–Crippen MR) is 71.6 cm³/mol. The third-order valence-electron chi connectivity index (χ3n) is 0. The van der Waals surface area contributed by atoms with Crippen LogP contribution in [0, 0.1) is 0 Å². The number of carbonyl (C=O) groups is 5. The summed E-state index contributed by atoms with van der Waals surface area (Å²) in [5.41, 5.74) is 0. The lowest BCUT2D eigenvalue weighted by Crippen LogP contribution is -1.78. The lowest BCUT2D eigenvalue weighted by atomic mass is 10.9. The third kappa shape index (κ3) is 561. The molecule has 0 unspecified atom stereocenters. The van der Waals surface area contributed by atoms with Gasteiger partial charge in [-0.05, 0) is 0 Å². The van der Waals surface area contributed by atoms with Crippen molar-refractivity contribution in [3.05, 3.63) is 0 Å². The zero-order valence-corrected chi connectivity index (χ0v) is 12.5. The van der Waals surface area contributed by atoms with Crippen LogP contribution in [0.15, 0.2) is 0 Å². The first-order valence-corrected chi connectivity index (χ1v) is 4.64. The van der Waals surface area contributed by atoms with E-state index in [2.05, 4.69) is 0 Å². The Kier molecular flexibility index (Phi) is 52.4. The highest BCUT2D eigenvalue weighted by Gasteiger charge is 1.66. The summed E-state index contributed by atoms with van der Waals surface area (Å²) in [7, 11) is 0. The summed E-state index contributed by atoms with van der Waals surface area (Å²) in [6.07, 6.45) is 0. The maximum Gasteiger partial charge on any atom is 0.300 e. The fourth-order valence-corrected chi connectivity index (χ4v) is 0. The maximum absolute atomic E-state index is 9.00. The molecule has 0 rings (SSSR count). The molecule has 0 aromatic rings. The number of hydrogen-bond donors (Lipinski definition) is 6. The van der Waals surface area contributed by atoms with Crippen molar-refractivity contribution in [2.24, 2.45) is 0 Å². The number of hydrogen-bond acceptors (Lipinski definition) is 6. The van der Waals surface area contributed by atoms with E-state index in [9.17, 15) is 0 Å². The van der Waals surface area contributed by atoms with Gasteiger partial charge in [-0.2, -0.15) is 0 Å². The zero-order valence-electron chi connectivity index (χ0n) is 12.5.